The summed E-state index contributed by atoms with van der Waals surface area (Å²) in [6.07, 6.45) is 0. The summed E-state index contributed by atoms with van der Waals surface area (Å²) < 4.78 is 3.21. The highest BCUT2D eigenvalue weighted by atomic mass is 16.4. The molecule has 0 saturated carbocycles. The number of rotatable bonds is 4. The van der Waals surface area contributed by atoms with E-state index >= 15 is 0 Å². The molecule has 0 fully saturated rings. The number of hydrogen-bond acceptors (Lipinski definition) is 5. The van der Waals surface area contributed by atoms with Crippen LogP contribution in [-0.4, -0.2) is 35.9 Å². The van der Waals surface area contributed by atoms with Gasteiger partial charge in [-0.2, -0.15) is 5.10 Å². The molecule has 96 valence electrons. The second-order valence-corrected chi connectivity index (χ2v) is 3.95. The maximum Gasteiger partial charge on any atom is 0.358 e. The lowest BCUT2D eigenvalue weighted by molar-refractivity contribution is 0.0689. The maximum absolute atomic E-state index is 10.9. The Balaban J connectivity index is 2.35. The predicted molar refractivity (Wildman–Crippen MR) is 61.9 cm³/mol. The van der Waals surface area contributed by atoms with Crippen molar-refractivity contribution in [3.05, 3.63) is 28.8 Å². The van der Waals surface area contributed by atoms with Crippen molar-refractivity contribution < 1.29 is 9.90 Å². The van der Waals surface area contributed by atoms with Crippen LogP contribution in [0.15, 0.2) is 6.07 Å². The summed E-state index contributed by atoms with van der Waals surface area (Å²) in [4.78, 5) is 10.9. The molecule has 0 bridgehead atoms. The van der Waals surface area contributed by atoms with Gasteiger partial charge in [-0.15, -0.1) is 5.10 Å². The molecule has 0 radical (unpaired) electrons. The average molecular weight is 250 g/mol. The molecule has 2 aromatic rings. The van der Waals surface area contributed by atoms with Crippen LogP contribution >= 0.6 is 0 Å². The van der Waals surface area contributed by atoms with Gasteiger partial charge in [0, 0.05) is 13.6 Å². The Morgan fingerprint density at radius 1 is 1.56 bits per heavy atom. The summed E-state index contributed by atoms with van der Waals surface area (Å²) in [6.45, 7) is 2.35. The van der Waals surface area contributed by atoms with Crippen molar-refractivity contribution in [2.24, 2.45) is 12.8 Å². The summed E-state index contributed by atoms with van der Waals surface area (Å²) >= 11 is 0. The van der Waals surface area contributed by atoms with Crippen LogP contribution in [0.5, 0.6) is 0 Å². The van der Waals surface area contributed by atoms with Crippen molar-refractivity contribution in [2.75, 3.05) is 0 Å². The van der Waals surface area contributed by atoms with Gasteiger partial charge in [0.1, 0.15) is 0 Å². The molecular formula is C10H14N6O2. The van der Waals surface area contributed by atoms with E-state index in [9.17, 15) is 4.79 Å². The number of hydrogen-bond donors (Lipinski definition) is 2. The topological polar surface area (TPSA) is 112 Å². The predicted octanol–water partition coefficient (Wildman–Crippen LogP) is -0.475. The molecule has 3 N–H and O–H groups in total. The normalized spacial score (nSPS) is 10.8. The molecule has 0 spiro atoms. The van der Waals surface area contributed by atoms with E-state index in [2.05, 4.69) is 15.4 Å². The number of aromatic nitrogens is 5. The van der Waals surface area contributed by atoms with E-state index in [1.807, 2.05) is 20.0 Å². The van der Waals surface area contributed by atoms with Crippen LogP contribution in [0.3, 0.4) is 0 Å². The molecule has 8 heteroatoms. The lowest BCUT2D eigenvalue weighted by atomic mass is 10.3. The zero-order valence-corrected chi connectivity index (χ0v) is 10.2. The first-order valence-corrected chi connectivity index (χ1v) is 5.38. The molecule has 2 rings (SSSR count). The first kappa shape index (κ1) is 12.2. The SMILES string of the molecule is Cc1cc(Cn2nnc(C(=O)O)c2CN)n(C)n1. The van der Waals surface area contributed by atoms with Crippen LogP contribution in [0, 0.1) is 6.92 Å². The highest BCUT2D eigenvalue weighted by Crippen LogP contribution is 2.09. The van der Waals surface area contributed by atoms with Gasteiger partial charge in [-0.3, -0.25) is 4.68 Å². The Kier molecular flexibility index (Phi) is 3.11. The molecule has 8 nitrogen and oxygen atoms in total. The molecule has 0 saturated heterocycles. The number of aromatic carboxylic acids is 1. The number of carboxylic acids is 1. The third-order valence-electron chi connectivity index (χ3n) is 2.64. The molecule has 2 heterocycles. The van der Waals surface area contributed by atoms with E-state index < -0.39 is 5.97 Å². The first-order valence-electron chi connectivity index (χ1n) is 5.38. The summed E-state index contributed by atoms with van der Waals surface area (Å²) in [7, 11) is 1.82. The number of nitrogens with zero attached hydrogens (tertiary/aromatic N) is 5. The van der Waals surface area contributed by atoms with Crippen molar-refractivity contribution in [1.29, 1.82) is 0 Å². The molecule has 18 heavy (non-hydrogen) atoms. The Labute approximate surface area is 103 Å². The number of nitrogens with two attached hydrogens (primary N) is 1. The lowest BCUT2D eigenvalue weighted by Gasteiger charge is -2.05. The Bertz CT molecular complexity index is 585. The van der Waals surface area contributed by atoms with Crippen LogP contribution in [0.25, 0.3) is 0 Å². The molecule has 0 unspecified atom stereocenters. The molecule has 0 aliphatic carbocycles. The van der Waals surface area contributed by atoms with Crippen LogP contribution in [0.4, 0.5) is 0 Å². The minimum absolute atomic E-state index is 0.0749. The van der Waals surface area contributed by atoms with E-state index in [0.29, 0.717) is 12.2 Å². The molecule has 0 aliphatic rings. The molecule has 0 aromatic carbocycles. The quantitative estimate of drug-likeness (QED) is 0.758. The van der Waals surface area contributed by atoms with Crippen molar-refractivity contribution in [3.63, 3.8) is 0 Å². The molecular weight excluding hydrogens is 236 g/mol. The number of carboxylic acid groups (broad SMARTS) is 1. The summed E-state index contributed by atoms with van der Waals surface area (Å²) in [5.74, 6) is -1.12. The van der Waals surface area contributed by atoms with Gasteiger partial charge in [-0.25, -0.2) is 9.48 Å². The van der Waals surface area contributed by atoms with E-state index in [1.54, 1.807) is 4.68 Å². The van der Waals surface area contributed by atoms with Crippen molar-refractivity contribution in [3.8, 4) is 0 Å². The van der Waals surface area contributed by atoms with Gasteiger partial charge in [-0.05, 0) is 13.0 Å². The third kappa shape index (κ3) is 2.09. The van der Waals surface area contributed by atoms with Gasteiger partial charge >= 0.3 is 5.97 Å². The van der Waals surface area contributed by atoms with Crippen LogP contribution in [0.1, 0.15) is 27.6 Å². The summed E-state index contributed by atoms with van der Waals surface area (Å²) in [5.41, 5.74) is 7.64. The monoisotopic (exact) mass is 250 g/mol. The largest absolute Gasteiger partial charge is 0.476 e. The van der Waals surface area contributed by atoms with Gasteiger partial charge in [0.05, 0.1) is 23.6 Å². The zero-order valence-electron chi connectivity index (χ0n) is 10.2. The molecule has 2 aromatic heterocycles. The fraction of sp³-hybridized carbons (Fsp3) is 0.400. The van der Waals surface area contributed by atoms with E-state index in [-0.39, 0.29) is 12.2 Å². The standard InChI is InChI=1S/C10H14N6O2/c1-6-3-7(15(2)13-6)5-16-8(4-11)9(10(17)18)12-14-16/h3H,4-5,11H2,1-2H3,(H,17,18). The highest BCUT2D eigenvalue weighted by Gasteiger charge is 2.18. The Morgan fingerprint density at radius 2 is 2.28 bits per heavy atom. The van der Waals surface area contributed by atoms with Crippen LogP contribution < -0.4 is 5.73 Å². The lowest BCUT2D eigenvalue weighted by Crippen LogP contribution is -2.14. The number of carbonyl (C=O) groups is 1. The Hall–Kier alpha value is -2.22. The second kappa shape index (κ2) is 4.57. The average Bonchev–Trinajstić information content (AvgIpc) is 2.83. The van der Waals surface area contributed by atoms with Gasteiger partial charge in [0.2, 0.25) is 0 Å². The van der Waals surface area contributed by atoms with Gasteiger partial charge < -0.3 is 10.8 Å². The van der Waals surface area contributed by atoms with E-state index in [1.165, 1.54) is 4.68 Å². The van der Waals surface area contributed by atoms with Crippen LogP contribution in [0.2, 0.25) is 0 Å². The van der Waals surface area contributed by atoms with E-state index in [4.69, 9.17) is 10.8 Å². The Morgan fingerprint density at radius 3 is 2.78 bits per heavy atom. The van der Waals surface area contributed by atoms with E-state index in [0.717, 1.165) is 11.4 Å². The van der Waals surface area contributed by atoms with Gasteiger partial charge in [-0.1, -0.05) is 5.21 Å². The fourth-order valence-electron chi connectivity index (χ4n) is 1.79. The third-order valence-corrected chi connectivity index (χ3v) is 2.64. The maximum atomic E-state index is 10.9. The van der Waals surface area contributed by atoms with Crippen molar-refractivity contribution in [1.82, 2.24) is 24.8 Å². The van der Waals surface area contributed by atoms with Gasteiger partial charge in [0.15, 0.2) is 5.69 Å². The van der Waals surface area contributed by atoms with Crippen LogP contribution in [-0.2, 0) is 20.1 Å². The van der Waals surface area contributed by atoms with Gasteiger partial charge in [0.25, 0.3) is 0 Å². The number of aryl methyl sites for hydroxylation is 2. The van der Waals surface area contributed by atoms with Crippen molar-refractivity contribution in [2.45, 2.75) is 20.0 Å². The molecule has 0 aliphatic heterocycles. The molecule has 0 amide bonds. The first-order chi connectivity index (χ1) is 8.52. The zero-order chi connectivity index (χ0) is 13.3. The highest BCUT2D eigenvalue weighted by molar-refractivity contribution is 5.86. The minimum atomic E-state index is -1.12. The second-order valence-electron chi connectivity index (χ2n) is 3.95. The minimum Gasteiger partial charge on any atom is -0.476 e. The van der Waals surface area contributed by atoms with Crippen molar-refractivity contribution >= 4 is 5.97 Å². The fourth-order valence-corrected chi connectivity index (χ4v) is 1.79. The summed E-state index contributed by atoms with van der Waals surface area (Å²) in [5, 5.41) is 20.6. The smallest absolute Gasteiger partial charge is 0.358 e. The summed E-state index contributed by atoms with van der Waals surface area (Å²) in [6, 6.07) is 1.91. The molecule has 0 atom stereocenters.